The van der Waals surface area contributed by atoms with E-state index in [1.165, 1.54) is 203 Å². The van der Waals surface area contributed by atoms with Gasteiger partial charge in [-0.25, -0.2) is 0 Å². The first-order valence-corrected chi connectivity index (χ1v) is 45.1. The molecular formula is C88H104O8S4+4. The van der Waals surface area contributed by atoms with Gasteiger partial charge in [0, 0.05) is 86.7 Å². The molecule has 10 aliphatic rings. The van der Waals surface area contributed by atoms with E-state index in [0.717, 1.165) is 121 Å². The van der Waals surface area contributed by atoms with E-state index in [0.29, 0.717) is 55.4 Å². The van der Waals surface area contributed by atoms with Crippen molar-refractivity contribution in [2.24, 2.45) is 47.3 Å². The molecule has 0 aromatic heterocycles. The number of hydrogen-bond donors (Lipinski definition) is 0. The molecule has 0 radical (unpaired) electrons. The number of benzene rings is 8. The van der Waals surface area contributed by atoms with Crippen LogP contribution in [0.4, 0.5) is 0 Å². The second kappa shape index (κ2) is 33.2. The molecule has 8 nitrogen and oxygen atoms in total. The molecule has 4 saturated heterocycles. The maximum absolute atomic E-state index is 12.8. The Kier molecular flexibility index (Phi) is 23.2. The van der Waals surface area contributed by atoms with E-state index in [9.17, 15) is 19.2 Å². The fraction of sp³-hybridized carbons (Fsp3) is 0.500. The normalized spacial score (nSPS) is 24.3. The summed E-state index contributed by atoms with van der Waals surface area (Å²) in [5, 5.41) is 9.54. The van der Waals surface area contributed by atoms with Crippen LogP contribution in [0.25, 0.3) is 43.1 Å². The molecule has 4 bridgehead atoms. The highest BCUT2D eigenvalue weighted by Gasteiger charge is 2.46. The molecular weight excluding hydrogens is 1310 g/mol. The second-order valence-corrected chi connectivity index (χ2v) is 39.5. The van der Waals surface area contributed by atoms with Crippen molar-refractivity contribution in [3.05, 3.63) is 146 Å². The van der Waals surface area contributed by atoms with Crippen molar-refractivity contribution in [1.82, 2.24) is 0 Å². The summed E-state index contributed by atoms with van der Waals surface area (Å²) in [6.07, 6.45) is 34.2. The van der Waals surface area contributed by atoms with Crippen LogP contribution in [0.15, 0.2) is 165 Å². The molecule has 6 saturated carbocycles. The van der Waals surface area contributed by atoms with Gasteiger partial charge in [-0.1, -0.05) is 124 Å². The van der Waals surface area contributed by atoms with Crippen LogP contribution in [0.2, 0.25) is 0 Å². The number of carbonyl (C=O) groups is 4. The lowest BCUT2D eigenvalue weighted by atomic mass is 9.89. The molecule has 6 unspecified atom stereocenters. The van der Waals surface area contributed by atoms with Gasteiger partial charge in [0.25, 0.3) is 0 Å². The predicted molar refractivity (Wildman–Crippen MR) is 417 cm³/mol. The van der Waals surface area contributed by atoms with E-state index >= 15 is 0 Å². The first-order chi connectivity index (χ1) is 49.2. The van der Waals surface area contributed by atoms with Crippen molar-refractivity contribution in [2.45, 2.75) is 199 Å². The molecule has 6 aliphatic carbocycles. The summed E-state index contributed by atoms with van der Waals surface area (Å²) in [5.41, 5.74) is 0. The molecule has 6 atom stereocenters. The lowest BCUT2D eigenvalue weighted by Crippen LogP contribution is -2.25. The van der Waals surface area contributed by atoms with Crippen molar-refractivity contribution in [2.75, 3.05) is 46.0 Å². The Balaban J connectivity index is 0.000000108. The molecule has 0 N–H and O–H groups in total. The van der Waals surface area contributed by atoms with E-state index in [2.05, 4.69) is 115 Å². The maximum Gasteiger partial charge on any atom is 0.314 e. The zero-order valence-electron chi connectivity index (χ0n) is 58.8. The predicted octanol–water partition coefficient (Wildman–Crippen LogP) is 20.9. The molecule has 524 valence electrons. The van der Waals surface area contributed by atoms with Gasteiger partial charge in [-0.3, -0.25) is 19.2 Å². The highest BCUT2D eigenvalue weighted by atomic mass is 32.2. The average molecular weight is 1420 g/mol. The molecule has 18 rings (SSSR count). The minimum absolute atomic E-state index is 0.00779. The summed E-state index contributed by atoms with van der Waals surface area (Å²) in [7, 11) is 1.44. The van der Waals surface area contributed by atoms with Crippen molar-refractivity contribution in [3.63, 3.8) is 0 Å². The highest BCUT2D eigenvalue weighted by Crippen LogP contribution is 2.51. The molecule has 4 aliphatic heterocycles. The van der Waals surface area contributed by atoms with Gasteiger partial charge in [-0.2, -0.15) is 0 Å². The topological polar surface area (TPSA) is 105 Å². The maximum atomic E-state index is 12.8. The first-order valence-electron chi connectivity index (χ1n) is 38.9. The van der Waals surface area contributed by atoms with E-state index in [1.54, 1.807) is 0 Å². The van der Waals surface area contributed by atoms with Gasteiger partial charge in [0.2, 0.25) is 0 Å². The van der Waals surface area contributed by atoms with Crippen LogP contribution in [-0.4, -0.2) is 69.9 Å². The number of fused-ring (bicyclic) bond motifs is 8. The monoisotopic (exact) mass is 1420 g/mol. The van der Waals surface area contributed by atoms with Crippen LogP contribution in [0.5, 0.6) is 23.0 Å². The molecule has 0 amide bonds. The summed E-state index contributed by atoms with van der Waals surface area (Å²) in [5.74, 6) is 16.6. The van der Waals surface area contributed by atoms with Gasteiger partial charge < -0.3 is 18.9 Å². The van der Waals surface area contributed by atoms with Crippen LogP contribution < -0.4 is 18.9 Å². The van der Waals surface area contributed by atoms with Crippen LogP contribution >= 0.6 is 0 Å². The fourth-order valence-corrected chi connectivity index (χ4v) is 28.7. The van der Waals surface area contributed by atoms with Gasteiger partial charge in [0.1, 0.15) is 69.0 Å². The average Bonchev–Trinajstić information content (AvgIpc) is 1.15. The lowest BCUT2D eigenvalue weighted by molar-refractivity contribution is -0.141. The van der Waals surface area contributed by atoms with Crippen LogP contribution in [0.1, 0.15) is 180 Å². The molecule has 0 spiro atoms. The zero-order valence-corrected chi connectivity index (χ0v) is 62.1. The summed E-state index contributed by atoms with van der Waals surface area (Å²) in [6.45, 7) is 0. The minimum Gasteiger partial charge on any atom is -0.426 e. The summed E-state index contributed by atoms with van der Waals surface area (Å²) in [4.78, 5) is 56.6. The molecule has 10 fully saturated rings. The van der Waals surface area contributed by atoms with E-state index in [4.69, 9.17) is 18.9 Å². The van der Waals surface area contributed by atoms with Crippen molar-refractivity contribution >= 4 is 111 Å². The largest absolute Gasteiger partial charge is 0.426 e. The van der Waals surface area contributed by atoms with E-state index in [-0.39, 0.29) is 47.5 Å². The number of esters is 4. The van der Waals surface area contributed by atoms with Crippen molar-refractivity contribution in [3.8, 4) is 23.0 Å². The summed E-state index contributed by atoms with van der Waals surface area (Å²) >= 11 is 0. The quantitative estimate of drug-likeness (QED) is 0.0677. The number of ether oxygens (including phenoxy) is 4. The Hall–Kier alpha value is -5.92. The first kappa shape index (κ1) is 69.8. The molecule has 8 aromatic rings. The van der Waals surface area contributed by atoms with Gasteiger partial charge in [0.05, 0.1) is 23.7 Å². The van der Waals surface area contributed by atoms with Gasteiger partial charge >= 0.3 is 23.9 Å². The van der Waals surface area contributed by atoms with Crippen LogP contribution in [0.3, 0.4) is 0 Å². The Bertz CT molecular complexity index is 4170. The van der Waals surface area contributed by atoms with Gasteiger partial charge in [-0.05, 0) is 225 Å². The molecule has 12 heteroatoms. The van der Waals surface area contributed by atoms with Crippen LogP contribution in [0, 0.1) is 47.3 Å². The smallest absolute Gasteiger partial charge is 0.314 e. The molecule has 8 aromatic carbocycles. The summed E-state index contributed by atoms with van der Waals surface area (Å²) in [6, 6.07) is 50.9. The van der Waals surface area contributed by atoms with Crippen LogP contribution in [-0.2, 0) is 62.8 Å². The molecule has 100 heavy (non-hydrogen) atoms. The third-order valence-electron chi connectivity index (χ3n) is 24.0. The SMILES string of the molecule is O=C(Oc1ccc([S+]2CCCC2)c2ccccc12)C1CC2CCC1C2.O=C(Oc1ccc([S+]2CCCC2)c2ccccc12)C1CCCCC1.O=C(Oc1ccc([S+]2CCCCC2)c2ccccc12)C1CC2CCC1C2.O=C(Oc1ccc([S+]2CCCCC2)c2ccccc12)C1CCCCC1. The zero-order chi connectivity index (χ0) is 67.7. The Morgan fingerprint density at radius 1 is 0.250 bits per heavy atom. The number of rotatable bonds is 12. The fourth-order valence-electron chi connectivity index (χ4n) is 18.7. The van der Waals surface area contributed by atoms with Crippen molar-refractivity contribution in [1.29, 1.82) is 0 Å². The van der Waals surface area contributed by atoms with Gasteiger partial charge in [-0.15, -0.1) is 0 Å². The third kappa shape index (κ3) is 16.1. The number of hydrogen-bond acceptors (Lipinski definition) is 8. The Labute approximate surface area is 605 Å². The Morgan fingerprint density at radius 3 is 0.760 bits per heavy atom. The standard InChI is InChI=1S/C23H27O2S.C22H25O2S.C22H27O2S.C21H25O2S/c24-23(20-15-16-8-9-17(20)14-16)25-21-10-11-22(26-12-4-1-5-13-26)19-7-3-2-6-18(19)21;23-22(19-14-15-7-8-16(19)13-15)24-20-9-10-21(25-11-3-4-12-25)18-6-2-1-5-17(18)20;23-22(17-9-3-1-4-10-17)24-20-13-14-21(25-15-7-2-8-16-25)19-12-6-5-11-18(19)20;22-21(16-8-2-1-3-9-16)23-19-12-13-20(24-14-6-7-15-24)18-11-5-4-10-17(18)19/h2-3,6-7,10-11,16-17,20H,1,4-5,8-9,12-15H2;1-2,5-6,9-10,15-16,19H,3-4,7-8,11-14H2;5-6,11-14,17H,1-4,7-10,15-16H2;4-5,10-13,16H,1-3,6-9,14-15H2/q4*+1. The lowest BCUT2D eigenvalue weighted by Gasteiger charge is -2.20. The third-order valence-corrected chi connectivity index (χ3v) is 34.2. The summed E-state index contributed by atoms with van der Waals surface area (Å²) < 4.78 is 23.6. The highest BCUT2D eigenvalue weighted by molar-refractivity contribution is 7.98. The Morgan fingerprint density at radius 2 is 0.500 bits per heavy atom. The van der Waals surface area contributed by atoms with Gasteiger partial charge in [0.15, 0.2) is 19.6 Å². The van der Waals surface area contributed by atoms with E-state index in [1.807, 2.05) is 30.3 Å². The second-order valence-electron chi connectivity index (χ2n) is 30.5. The van der Waals surface area contributed by atoms with E-state index < -0.39 is 0 Å². The number of carbonyl (C=O) groups excluding carboxylic acids is 4. The van der Waals surface area contributed by atoms with Crippen molar-refractivity contribution < 1.29 is 38.1 Å². The molecule has 4 heterocycles. The minimum atomic E-state index is -0.0316.